The Kier molecular flexibility index (Phi) is 3.93. The highest BCUT2D eigenvalue weighted by molar-refractivity contribution is 9.10. The van der Waals surface area contributed by atoms with Gasteiger partial charge in [0, 0.05) is 10.7 Å². The number of halogens is 3. The smallest absolute Gasteiger partial charge is 0.339 e. The summed E-state index contributed by atoms with van der Waals surface area (Å²) < 4.78 is 27.5. The van der Waals surface area contributed by atoms with Crippen molar-refractivity contribution >= 4 is 33.5 Å². The molecule has 1 aromatic heterocycles. The number of carbonyl (C=O) groups is 1. The van der Waals surface area contributed by atoms with Crippen LogP contribution in [0.4, 0.5) is 20.4 Å². The molecule has 2 aromatic rings. The van der Waals surface area contributed by atoms with E-state index in [2.05, 4.69) is 31.2 Å². The molecule has 0 aliphatic carbocycles. The molecule has 0 saturated heterocycles. The van der Waals surface area contributed by atoms with Gasteiger partial charge in [0.25, 0.3) is 0 Å². The summed E-state index contributed by atoms with van der Waals surface area (Å²) in [5, 5.41) is 11.2. The van der Waals surface area contributed by atoms with E-state index >= 15 is 0 Å². The zero-order chi connectivity index (χ0) is 14.9. The van der Waals surface area contributed by atoms with Gasteiger partial charge in [-0.05, 0) is 19.1 Å². The number of hydrogen-bond donors (Lipinski definition) is 2. The lowest BCUT2D eigenvalue weighted by Crippen LogP contribution is -2.07. The molecule has 0 atom stereocenters. The first-order valence-electron chi connectivity index (χ1n) is 5.37. The number of benzene rings is 1. The third-order valence-electron chi connectivity index (χ3n) is 2.45. The lowest BCUT2D eigenvalue weighted by Gasteiger charge is -2.09. The third kappa shape index (κ3) is 2.90. The Morgan fingerprint density at radius 3 is 2.45 bits per heavy atom. The SMILES string of the molecule is Cc1nc(Nc2c(F)cc(Br)cc2F)ncc1C(=O)O. The molecule has 2 rings (SSSR count). The molecule has 5 nitrogen and oxygen atoms in total. The first kappa shape index (κ1) is 14.3. The van der Waals surface area contributed by atoms with E-state index in [9.17, 15) is 13.6 Å². The van der Waals surface area contributed by atoms with Crippen LogP contribution in [0, 0.1) is 18.6 Å². The molecule has 104 valence electrons. The van der Waals surface area contributed by atoms with Crippen molar-refractivity contribution < 1.29 is 18.7 Å². The van der Waals surface area contributed by atoms with Crippen LogP contribution in [0.5, 0.6) is 0 Å². The molecule has 1 heterocycles. The second-order valence-electron chi connectivity index (χ2n) is 3.87. The number of nitrogens with one attached hydrogen (secondary N) is 1. The number of hydrogen-bond acceptors (Lipinski definition) is 4. The third-order valence-corrected chi connectivity index (χ3v) is 2.91. The van der Waals surface area contributed by atoms with Gasteiger partial charge in [0.1, 0.15) is 5.69 Å². The van der Waals surface area contributed by atoms with Gasteiger partial charge in [-0.25, -0.2) is 23.5 Å². The Labute approximate surface area is 120 Å². The molecule has 2 N–H and O–H groups in total. The first-order chi connectivity index (χ1) is 9.38. The maximum atomic E-state index is 13.6. The maximum absolute atomic E-state index is 13.6. The van der Waals surface area contributed by atoms with E-state index in [1.165, 1.54) is 6.92 Å². The number of carboxylic acid groups (broad SMARTS) is 1. The number of aromatic nitrogens is 2. The fourth-order valence-electron chi connectivity index (χ4n) is 1.51. The summed E-state index contributed by atoms with van der Waals surface area (Å²) >= 11 is 2.97. The molecule has 20 heavy (non-hydrogen) atoms. The lowest BCUT2D eigenvalue weighted by molar-refractivity contribution is 0.0695. The summed E-state index contributed by atoms with van der Waals surface area (Å²) in [7, 11) is 0. The molecule has 0 unspecified atom stereocenters. The molecule has 0 aliphatic heterocycles. The molecular formula is C12H8BrF2N3O2. The lowest BCUT2D eigenvalue weighted by atomic mass is 10.2. The van der Waals surface area contributed by atoms with Crippen LogP contribution in [0.15, 0.2) is 22.8 Å². The summed E-state index contributed by atoms with van der Waals surface area (Å²) in [6, 6.07) is 2.17. The standard InChI is InChI=1S/C12H8BrF2N3O2/c1-5-7(11(19)20)4-16-12(17-5)18-10-8(14)2-6(13)3-9(10)15/h2-4H,1H3,(H,19,20)(H,16,17,18). The predicted molar refractivity (Wildman–Crippen MR) is 71.1 cm³/mol. The van der Waals surface area contributed by atoms with E-state index < -0.39 is 23.3 Å². The van der Waals surface area contributed by atoms with E-state index in [-0.39, 0.29) is 21.7 Å². The molecule has 0 spiro atoms. The van der Waals surface area contributed by atoms with Crippen LogP contribution in [0.25, 0.3) is 0 Å². The largest absolute Gasteiger partial charge is 0.478 e. The van der Waals surface area contributed by atoms with Crippen molar-refractivity contribution in [1.82, 2.24) is 9.97 Å². The van der Waals surface area contributed by atoms with Crippen LogP contribution in [0.3, 0.4) is 0 Å². The Morgan fingerprint density at radius 1 is 1.35 bits per heavy atom. The fraction of sp³-hybridized carbons (Fsp3) is 0.0833. The van der Waals surface area contributed by atoms with Crippen LogP contribution in [0.1, 0.15) is 16.1 Å². The number of aromatic carboxylic acids is 1. The minimum Gasteiger partial charge on any atom is -0.478 e. The second kappa shape index (κ2) is 5.49. The molecule has 0 radical (unpaired) electrons. The number of anilines is 2. The number of carboxylic acids is 1. The van der Waals surface area contributed by atoms with Crippen LogP contribution in [-0.4, -0.2) is 21.0 Å². The highest BCUT2D eigenvalue weighted by atomic mass is 79.9. The first-order valence-corrected chi connectivity index (χ1v) is 6.16. The van der Waals surface area contributed by atoms with Gasteiger partial charge >= 0.3 is 5.97 Å². The van der Waals surface area contributed by atoms with E-state index in [0.717, 1.165) is 18.3 Å². The van der Waals surface area contributed by atoms with Crippen LogP contribution < -0.4 is 5.32 Å². The van der Waals surface area contributed by atoms with Crippen molar-refractivity contribution in [2.75, 3.05) is 5.32 Å². The van der Waals surface area contributed by atoms with Crippen molar-refractivity contribution in [3.8, 4) is 0 Å². The Morgan fingerprint density at radius 2 is 1.95 bits per heavy atom. The van der Waals surface area contributed by atoms with Crippen molar-refractivity contribution in [2.45, 2.75) is 6.92 Å². The van der Waals surface area contributed by atoms with Crippen molar-refractivity contribution in [1.29, 1.82) is 0 Å². The van der Waals surface area contributed by atoms with Gasteiger partial charge in [-0.15, -0.1) is 0 Å². The van der Waals surface area contributed by atoms with E-state index in [0.29, 0.717) is 0 Å². The topological polar surface area (TPSA) is 75.1 Å². The molecule has 8 heteroatoms. The number of nitrogens with zero attached hydrogens (tertiary/aromatic N) is 2. The predicted octanol–water partition coefficient (Wildman–Crippen LogP) is 3.27. The number of rotatable bonds is 3. The van der Waals surface area contributed by atoms with Crippen molar-refractivity contribution in [3.63, 3.8) is 0 Å². The Bertz CT molecular complexity index is 671. The average molecular weight is 344 g/mol. The average Bonchev–Trinajstić information content (AvgIpc) is 2.33. The van der Waals surface area contributed by atoms with Gasteiger partial charge in [0.2, 0.25) is 5.95 Å². The van der Waals surface area contributed by atoms with Crippen LogP contribution in [-0.2, 0) is 0 Å². The maximum Gasteiger partial charge on any atom is 0.339 e. The Balaban J connectivity index is 2.36. The van der Waals surface area contributed by atoms with Gasteiger partial charge in [0.05, 0.1) is 11.3 Å². The Hall–Kier alpha value is -2.09. The minimum atomic E-state index is -1.17. The van der Waals surface area contributed by atoms with Crippen molar-refractivity contribution in [3.05, 3.63) is 45.7 Å². The molecule has 0 aliphatic rings. The fourth-order valence-corrected chi connectivity index (χ4v) is 1.91. The zero-order valence-corrected chi connectivity index (χ0v) is 11.7. The molecule has 0 bridgehead atoms. The summed E-state index contributed by atoms with van der Waals surface area (Å²) in [4.78, 5) is 18.4. The van der Waals surface area contributed by atoms with E-state index in [1.807, 2.05) is 0 Å². The van der Waals surface area contributed by atoms with Gasteiger partial charge in [-0.1, -0.05) is 15.9 Å². The normalized spacial score (nSPS) is 10.4. The van der Waals surface area contributed by atoms with E-state index in [4.69, 9.17) is 5.11 Å². The summed E-state index contributed by atoms with van der Waals surface area (Å²) in [6.45, 7) is 1.46. The summed E-state index contributed by atoms with van der Waals surface area (Å²) in [5.41, 5.74) is -0.295. The quantitative estimate of drug-likeness (QED) is 0.894. The van der Waals surface area contributed by atoms with Crippen molar-refractivity contribution in [2.24, 2.45) is 0 Å². The zero-order valence-electron chi connectivity index (χ0n) is 10.1. The highest BCUT2D eigenvalue weighted by Gasteiger charge is 2.14. The second-order valence-corrected chi connectivity index (χ2v) is 4.78. The minimum absolute atomic E-state index is 0.0766. The summed E-state index contributed by atoms with van der Waals surface area (Å²) in [6.07, 6.45) is 1.07. The molecule has 0 amide bonds. The van der Waals surface area contributed by atoms with Gasteiger partial charge < -0.3 is 10.4 Å². The van der Waals surface area contributed by atoms with Crippen LogP contribution in [0.2, 0.25) is 0 Å². The van der Waals surface area contributed by atoms with Crippen LogP contribution >= 0.6 is 15.9 Å². The molecule has 0 fully saturated rings. The summed E-state index contributed by atoms with van der Waals surface area (Å²) in [5.74, 6) is -2.90. The number of aryl methyl sites for hydroxylation is 1. The van der Waals surface area contributed by atoms with Gasteiger partial charge in [-0.3, -0.25) is 0 Å². The highest BCUT2D eigenvalue weighted by Crippen LogP contribution is 2.25. The van der Waals surface area contributed by atoms with E-state index in [1.54, 1.807) is 0 Å². The van der Waals surface area contributed by atoms with Gasteiger partial charge in [-0.2, -0.15) is 0 Å². The monoisotopic (exact) mass is 343 g/mol. The molecule has 0 saturated carbocycles. The van der Waals surface area contributed by atoms with Gasteiger partial charge in [0.15, 0.2) is 11.6 Å². The molecule has 1 aromatic carbocycles. The molecular weight excluding hydrogens is 336 g/mol.